The minimum absolute atomic E-state index is 0.110. The lowest BCUT2D eigenvalue weighted by atomic mass is 10.1. The van der Waals surface area contributed by atoms with Crippen molar-refractivity contribution in [1.29, 1.82) is 0 Å². The zero-order valence-corrected chi connectivity index (χ0v) is 12.7. The first kappa shape index (κ1) is 15.7. The Balaban J connectivity index is 2.12. The van der Waals surface area contributed by atoms with Gasteiger partial charge in [-0.25, -0.2) is 13.6 Å². The number of benzene rings is 2. The molecule has 0 radical (unpaired) electrons. The summed E-state index contributed by atoms with van der Waals surface area (Å²) < 4.78 is 34.3. The Morgan fingerprint density at radius 2 is 2.00 bits per heavy atom. The predicted octanol–water partition coefficient (Wildman–Crippen LogP) is 4.35. The van der Waals surface area contributed by atoms with Crippen molar-refractivity contribution >= 4 is 22.9 Å². The van der Waals surface area contributed by atoms with Crippen LogP contribution in [0, 0.1) is 11.6 Å². The summed E-state index contributed by atoms with van der Waals surface area (Å²) in [6.45, 7) is 0. The van der Waals surface area contributed by atoms with E-state index < -0.39 is 17.6 Å². The number of hydrogen-bond acceptors (Lipinski definition) is 2. The largest absolute Gasteiger partial charge is 0.478 e. The normalized spacial score (nSPS) is 11.3. The highest BCUT2D eigenvalue weighted by atomic mass is 19.1. The number of carboxylic acid groups (broad SMARTS) is 1. The first-order valence-electron chi connectivity index (χ1n) is 7.07. The number of hydrogen-bond donors (Lipinski definition) is 1. The van der Waals surface area contributed by atoms with Crippen molar-refractivity contribution < 1.29 is 23.4 Å². The molecule has 3 aromatic rings. The van der Waals surface area contributed by atoms with Crippen LogP contribution in [-0.4, -0.2) is 15.6 Å². The summed E-state index contributed by atoms with van der Waals surface area (Å²) in [7, 11) is 1.81. The Morgan fingerprint density at radius 1 is 1.21 bits per heavy atom. The van der Waals surface area contributed by atoms with E-state index in [0.29, 0.717) is 16.7 Å². The first-order chi connectivity index (χ1) is 11.5. The molecule has 1 aromatic heterocycles. The lowest BCUT2D eigenvalue weighted by Crippen LogP contribution is -1.91. The van der Waals surface area contributed by atoms with Crippen LogP contribution >= 0.6 is 0 Å². The molecular formula is C18H13F2NO3. The summed E-state index contributed by atoms with van der Waals surface area (Å²) in [5, 5.41) is 9.45. The Hall–Kier alpha value is -3.15. The van der Waals surface area contributed by atoms with Gasteiger partial charge in [0.25, 0.3) is 0 Å². The SMILES string of the molecule is Cn1cc(C=CC(=O)O)c2c(Oc3ccc(F)cc3F)cccc21. The second-order valence-corrected chi connectivity index (χ2v) is 5.19. The minimum atomic E-state index is -1.07. The molecule has 3 rings (SSSR count). The Bertz CT molecular complexity index is 960. The number of aliphatic carboxylic acids is 1. The van der Waals surface area contributed by atoms with Crippen LogP contribution in [0.4, 0.5) is 8.78 Å². The third kappa shape index (κ3) is 2.99. The van der Waals surface area contributed by atoms with Gasteiger partial charge in [-0.05, 0) is 30.3 Å². The van der Waals surface area contributed by atoms with Gasteiger partial charge in [-0.2, -0.15) is 0 Å². The number of aromatic nitrogens is 1. The van der Waals surface area contributed by atoms with E-state index in [4.69, 9.17) is 9.84 Å². The number of halogens is 2. The van der Waals surface area contributed by atoms with Crippen molar-refractivity contribution in [2.24, 2.45) is 7.05 Å². The van der Waals surface area contributed by atoms with E-state index in [1.165, 1.54) is 12.1 Å². The number of aryl methyl sites for hydroxylation is 1. The zero-order valence-electron chi connectivity index (χ0n) is 12.7. The lowest BCUT2D eigenvalue weighted by molar-refractivity contribution is -0.131. The molecule has 2 aromatic carbocycles. The van der Waals surface area contributed by atoms with Crippen molar-refractivity contribution in [2.45, 2.75) is 0 Å². The molecule has 0 amide bonds. The number of rotatable bonds is 4. The second kappa shape index (κ2) is 6.16. The van der Waals surface area contributed by atoms with Gasteiger partial charge in [0.15, 0.2) is 11.6 Å². The molecule has 0 spiro atoms. The van der Waals surface area contributed by atoms with Crippen molar-refractivity contribution in [3.05, 3.63) is 65.9 Å². The van der Waals surface area contributed by atoms with E-state index >= 15 is 0 Å². The minimum Gasteiger partial charge on any atom is -0.478 e. The summed E-state index contributed by atoms with van der Waals surface area (Å²) in [5.41, 5.74) is 1.41. The van der Waals surface area contributed by atoms with Crippen molar-refractivity contribution in [2.75, 3.05) is 0 Å². The summed E-state index contributed by atoms with van der Waals surface area (Å²) in [5.74, 6) is -2.34. The van der Waals surface area contributed by atoms with Gasteiger partial charge < -0.3 is 14.4 Å². The molecule has 0 aliphatic rings. The molecule has 0 unspecified atom stereocenters. The van der Waals surface area contributed by atoms with E-state index in [1.54, 1.807) is 18.3 Å². The van der Waals surface area contributed by atoms with Crippen LogP contribution in [0.15, 0.2) is 48.7 Å². The molecular weight excluding hydrogens is 316 g/mol. The van der Waals surface area contributed by atoms with Gasteiger partial charge in [0.05, 0.1) is 5.52 Å². The highest BCUT2D eigenvalue weighted by molar-refractivity contribution is 5.97. The fraction of sp³-hybridized carbons (Fsp3) is 0.0556. The zero-order chi connectivity index (χ0) is 17.3. The van der Waals surface area contributed by atoms with E-state index in [1.807, 2.05) is 17.7 Å². The molecule has 4 nitrogen and oxygen atoms in total. The number of ether oxygens (including phenoxy) is 1. The highest BCUT2D eigenvalue weighted by Crippen LogP contribution is 2.35. The molecule has 0 saturated heterocycles. The molecule has 1 N–H and O–H groups in total. The Morgan fingerprint density at radius 3 is 2.71 bits per heavy atom. The van der Waals surface area contributed by atoms with Crippen LogP contribution in [0.25, 0.3) is 17.0 Å². The Labute approximate surface area is 136 Å². The number of nitrogens with zero attached hydrogens (tertiary/aromatic N) is 1. The topological polar surface area (TPSA) is 51.5 Å². The maximum atomic E-state index is 13.8. The van der Waals surface area contributed by atoms with Crippen LogP contribution in [0.5, 0.6) is 11.5 Å². The van der Waals surface area contributed by atoms with Gasteiger partial charge in [-0.15, -0.1) is 0 Å². The molecule has 0 saturated carbocycles. The number of fused-ring (bicyclic) bond motifs is 1. The van der Waals surface area contributed by atoms with E-state index in [9.17, 15) is 13.6 Å². The molecule has 6 heteroatoms. The number of carboxylic acids is 1. The summed E-state index contributed by atoms with van der Waals surface area (Å²) in [6.07, 6.45) is 4.21. The third-order valence-corrected chi connectivity index (χ3v) is 3.52. The maximum absolute atomic E-state index is 13.8. The van der Waals surface area contributed by atoms with Crippen molar-refractivity contribution in [1.82, 2.24) is 4.57 Å². The first-order valence-corrected chi connectivity index (χ1v) is 7.07. The molecule has 0 bridgehead atoms. The van der Waals surface area contributed by atoms with E-state index in [0.717, 1.165) is 23.7 Å². The molecule has 0 aliphatic heterocycles. The average molecular weight is 329 g/mol. The van der Waals surface area contributed by atoms with E-state index in [-0.39, 0.29) is 5.75 Å². The van der Waals surface area contributed by atoms with Crippen LogP contribution in [0.1, 0.15) is 5.56 Å². The smallest absolute Gasteiger partial charge is 0.328 e. The van der Waals surface area contributed by atoms with Crippen LogP contribution in [0.2, 0.25) is 0 Å². The molecule has 0 atom stereocenters. The summed E-state index contributed by atoms with van der Waals surface area (Å²) in [6, 6.07) is 8.27. The molecule has 0 aliphatic carbocycles. The highest BCUT2D eigenvalue weighted by Gasteiger charge is 2.13. The average Bonchev–Trinajstić information content (AvgIpc) is 2.85. The monoisotopic (exact) mass is 329 g/mol. The van der Waals surface area contributed by atoms with Crippen LogP contribution in [0.3, 0.4) is 0 Å². The quantitative estimate of drug-likeness (QED) is 0.724. The van der Waals surface area contributed by atoms with Gasteiger partial charge in [0, 0.05) is 36.3 Å². The molecule has 122 valence electrons. The maximum Gasteiger partial charge on any atom is 0.328 e. The van der Waals surface area contributed by atoms with Gasteiger partial charge in [0.1, 0.15) is 11.6 Å². The van der Waals surface area contributed by atoms with Crippen molar-refractivity contribution in [3.8, 4) is 11.5 Å². The summed E-state index contributed by atoms with van der Waals surface area (Å²) >= 11 is 0. The lowest BCUT2D eigenvalue weighted by Gasteiger charge is -2.09. The molecule has 0 fully saturated rings. The molecule has 24 heavy (non-hydrogen) atoms. The predicted molar refractivity (Wildman–Crippen MR) is 86.0 cm³/mol. The number of carbonyl (C=O) groups is 1. The van der Waals surface area contributed by atoms with Crippen LogP contribution < -0.4 is 4.74 Å². The van der Waals surface area contributed by atoms with Crippen LogP contribution in [-0.2, 0) is 11.8 Å². The van der Waals surface area contributed by atoms with E-state index in [2.05, 4.69) is 0 Å². The molecule has 1 heterocycles. The Kier molecular flexibility index (Phi) is 4.04. The van der Waals surface area contributed by atoms with Gasteiger partial charge in [-0.1, -0.05) is 6.07 Å². The fourth-order valence-corrected chi connectivity index (χ4v) is 2.50. The fourth-order valence-electron chi connectivity index (χ4n) is 2.50. The second-order valence-electron chi connectivity index (χ2n) is 5.19. The van der Waals surface area contributed by atoms with Gasteiger partial charge in [0.2, 0.25) is 0 Å². The summed E-state index contributed by atoms with van der Waals surface area (Å²) in [4.78, 5) is 10.8. The van der Waals surface area contributed by atoms with Gasteiger partial charge in [-0.3, -0.25) is 0 Å². The van der Waals surface area contributed by atoms with Crippen molar-refractivity contribution in [3.63, 3.8) is 0 Å². The third-order valence-electron chi connectivity index (χ3n) is 3.52. The standard InChI is InChI=1S/C18H13F2NO3/c1-21-10-11(5-8-17(22)23)18-14(21)3-2-4-16(18)24-15-7-6-12(19)9-13(15)20/h2-10H,1H3,(H,22,23). The van der Waals surface area contributed by atoms with Gasteiger partial charge >= 0.3 is 5.97 Å².